The monoisotopic (exact) mass is 249 g/mol. The van der Waals surface area contributed by atoms with Gasteiger partial charge in [0.15, 0.2) is 0 Å². The number of aryl methyl sites for hydroxylation is 2. The van der Waals surface area contributed by atoms with E-state index in [1.165, 1.54) is 16.7 Å². The van der Waals surface area contributed by atoms with Crippen molar-refractivity contribution in [3.8, 4) is 0 Å². The summed E-state index contributed by atoms with van der Waals surface area (Å²) in [7, 11) is 0. The van der Waals surface area contributed by atoms with Gasteiger partial charge in [0.25, 0.3) is 0 Å². The van der Waals surface area contributed by atoms with Crippen LogP contribution in [0, 0.1) is 19.3 Å². The summed E-state index contributed by atoms with van der Waals surface area (Å²) in [5.74, 6) is -0.762. The molecule has 0 spiro atoms. The van der Waals surface area contributed by atoms with Gasteiger partial charge in [0.1, 0.15) is 0 Å². The molecule has 1 aromatic rings. The molecule has 0 aliphatic heterocycles. The summed E-state index contributed by atoms with van der Waals surface area (Å²) < 4.78 is 0. The van der Waals surface area contributed by atoms with Crippen LogP contribution in [0.15, 0.2) is 18.2 Å². The Labute approximate surface area is 109 Å². The smallest absolute Gasteiger partial charge is 0.310 e. The summed E-state index contributed by atoms with van der Waals surface area (Å²) in [5.41, 5.74) is 3.19. The topological polar surface area (TPSA) is 49.3 Å². The van der Waals surface area contributed by atoms with Crippen LogP contribution < -0.4 is 5.32 Å². The number of carboxylic acids is 1. The molecule has 1 rings (SSSR count). The fourth-order valence-corrected chi connectivity index (χ4v) is 1.83. The molecule has 0 atom stereocenters. The zero-order valence-electron chi connectivity index (χ0n) is 11.7. The molecule has 3 nitrogen and oxygen atoms in total. The first-order chi connectivity index (χ1) is 8.33. The molecular formula is C15H23NO2. The number of carboxylic acid groups (broad SMARTS) is 1. The highest BCUT2D eigenvalue weighted by Crippen LogP contribution is 2.14. The molecule has 0 bridgehead atoms. The molecule has 0 radical (unpaired) electrons. The average Bonchev–Trinajstić information content (AvgIpc) is 2.26. The molecule has 3 heteroatoms. The average molecular weight is 249 g/mol. The first kappa shape index (κ1) is 14.7. The Balaban J connectivity index is 2.41. The lowest BCUT2D eigenvalue weighted by atomic mass is 9.94. The summed E-state index contributed by atoms with van der Waals surface area (Å²) in [6.45, 7) is 8.97. The van der Waals surface area contributed by atoms with Gasteiger partial charge >= 0.3 is 5.97 Å². The second-order valence-electron chi connectivity index (χ2n) is 5.55. The minimum absolute atomic E-state index is 0.493. The SMILES string of the molecule is Cc1ccc(CCNCC(C)(C)C(=O)O)c(C)c1. The number of hydrogen-bond acceptors (Lipinski definition) is 2. The Bertz CT molecular complexity index is 425. The van der Waals surface area contributed by atoms with E-state index in [4.69, 9.17) is 5.11 Å². The lowest BCUT2D eigenvalue weighted by Crippen LogP contribution is -2.36. The van der Waals surface area contributed by atoms with E-state index in [2.05, 4.69) is 37.4 Å². The van der Waals surface area contributed by atoms with Gasteiger partial charge in [-0.3, -0.25) is 4.79 Å². The van der Waals surface area contributed by atoms with E-state index in [1.807, 2.05) is 0 Å². The maximum atomic E-state index is 10.9. The normalized spacial score (nSPS) is 11.6. The summed E-state index contributed by atoms with van der Waals surface area (Å²) in [6, 6.07) is 6.44. The lowest BCUT2D eigenvalue weighted by Gasteiger charge is -2.19. The molecule has 0 aliphatic rings. The summed E-state index contributed by atoms with van der Waals surface area (Å²) in [6.07, 6.45) is 0.932. The van der Waals surface area contributed by atoms with Crippen molar-refractivity contribution in [2.75, 3.05) is 13.1 Å². The van der Waals surface area contributed by atoms with Crippen LogP contribution in [-0.4, -0.2) is 24.2 Å². The van der Waals surface area contributed by atoms with Crippen molar-refractivity contribution in [1.29, 1.82) is 0 Å². The van der Waals surface area contributed by atoms with Crippen molar-refractivity contribution in [1.82, 2.24) is 5.32 Å². The van der Waals surface area contributed by atoms with Crippen LogP contribution in [0.5, 0.6) is 0 Å². The molecule has 18 heavy (non-hydrogen) atoms. The van der Waals surface area contributed by atoms with Gasteiger partial charge in [0.2, 0.25) is 0 Å². The van der Waals surface area contributed by atoms with Crippen molar-refractivity contribution in [2.45, 2.75) is 34.1 Å². The number of nitrogens with one attached hydrogen (secondary N) is 1. The van der Waals surface area contributed by atoms with Gasteiger partial charge in [-0.05, 0) is 51.8 Å². The minimum Gasteiger partial charge on any atom is -0.481 e. The van der Waals surface area contributed by atoms with Crippen molar-refractivity contribution < 1.29 is 9.90 Å². The highest BCUT2D eigenvalue weighted by molar-refractivity contribution is 5.73. The predicted molar refractivity (Wildman–Crippen MR) is 73.9 cm³/mol. The molecule has 0 fully saturated rings. The quantitative estimate of drug-likeness (QED) is 0.762. The van der Waals surface area contributed by atoms with Crippen molar-refractivity contribution in [3.05, 3.63) is 34.9 Å². The molecule has 0 heterocycles. The van der Waals surface area contributed by atoms with E-state index < -0.39 is 11.4 Å². The third-order valence-corrected chi connectivity index (χ3v) is 3.22. The van der Waals surface area contributed by atoms with Gasteiger partial charge < -0.3 is 10.4 Å². The van der Waals surface area contributed by atoms with E-state index in [-0.39, 0.29) is 0 Å². The minimum atomic E-state index is -0.762. The molecule has 0 aromatic heterocycles. The Morgan fingerprint density at radius 1 is 1.33 bits per heavy atom. The second kappa shape index (κ2) is 6.01. The molecular weight excluding hydrogens is 226 g/mol. The van der Waals surface area contributed by atoms with Crippen LogP contribution in [-0.2, 0) is 11.2 Å². The maximum absolute atomic E-state index is 10.9. The van der Waals surface area contributed by atoms with Crippen LogP contribution >= 0.6 is 0 Å². The maximum Gasteiger partial charge on any atom is 0.310 e. The molecule has 1 aromatic carbocycles. The van der Waals surface area contributed by atoms with Gasteiger partial charge in [-0.2, -0.15) is 0 Å². The summed E-state index contributed by atoms with van der Waals surface area (Å²) in [4.78, 5) is 10.9. The standard InChI is InChI=1S/C15H23NO2/c1-11-5-6-13(12(2)9-11)7-8-16-10-15(3,4)14(17)18/h5-6,9,16H,7-8,10H2,1-4H3,(H,17,18). The van der Waals surface area contributed by atoms with Crippen molar-refractivity contribution >= 4 is 5.97 Å². The first-order valence-electron chi connectivity index (χ1n) is 6.33. The third kappa shape index (κ3) is 4.15. The molecule has 100 valence electrons. The van der Waals surface area contributed by atoms with E-state index in [0.29, 0.717) is 6.54 Å². The fourth-order valence-electron chi connectivity index (χ4n) is 1.83. The van der Waals surface area contributed by atoms with E-state index in [9.17, 15) is 4.79 Å². The Kier molecular flexibility index (Phi) is 4.91. The summed E-state index contributed by atoms with van der Waals surface area (Å²) >= 11 is 0. The zero-order chi connectivity index (χ0) is 13.8. The Morgan fingerprint density at radius 3 is 2.56 bits per heavy atom. The van der Waals surface area contributed by atoms with E-state index in [1.54, 1.807) is 13.8 Å². The highest BCUT2D eigenvalue weighted by atomic mass is 16.4. The van der Waals surface area contributed by atoms with Crippen LogP contribution in [0.1, 0.15) is 30.5 Å². The number of benzene rings is 1. The second-order valence-corrected chi connectivity index (χ2v) is 5.55. The largest absolute Gasteiger partial charge is 0.481 e. The third-order valence-electron chi connectivity index (χ3n) is 3.22. The van der Waals surface area contributed by atoms with Gasteiger partial charge in [0, 0.05) is 6.54 Å². The van der Waals surface area contributed by atoms with Crippen LogP contribution in [0.3, 0.4) is 0 Å². The van der Waals surface area contributed by atoms with Crippen LogP contribution in [0.25, 0.3) is 0 Å². The number of aliphatic carboxylic acids is 1. The van der Waals surface area contributed by atoms with Crippen LogP contribution in [0.4, 0.5) is 0 Å². The van der Waals surface area contributed by atoms with Gasteiger partial charge in [0.05, 0.1) is 5.41 Å². The van der Waals surface area contributed by atoms with Crippen LogP contribution in [0.2, 0.25) is 0 Å². The van der Waals surface area contributed by atoms with Crippen molar-refractivity contribution in [2.24, 2.45) is 5.41 Å². The molecule has 2 N–H and O–H groups in total. The molecule has 0 saturated heterocycles. The van der Waals surface area contributed by atoms with E-state index >= 15 is 0 Å². The van der Waals surface area contributed by atoms with Crippen molar-refractivity contribution in [3.63, 3.8) is 0 Å². The fraction of sp³-hybridized carbons (Fsp3) is 0.533. The molecule has 0 unspecified atom stereocenters. The first-order valence-corrected chi connectivity index (χ1v) is 6.33. The van der Waals surface area contributed by atoms with E-state index in [0.717, 1.165) is 13.0 Å². The summed E-state index contributed by atoms with van der Waals surface area (Å²) in [5, 5.41) is 12.2. The predicted octanol–water partition coefficient (Wildman–Crippen LogP) is 2.55. The van der Waals surface area contributed by atoms with Gasteiger partial charge in [-0.15, -0.1) is 0 Å². The zero-order valence-corrected chi connectivity index (χ0v) is 11.7. The lowest BCUT2D eigenvalue weighted by molar-refractivity contribution is -0.146. The Morgan fingerprint density at radius 2 is 2.00 bits per heavy atom. The number of rotatable bonds is 6. The molecule has 0 amide bonds. The Hall–Kier alpha value is -1.35. The molecule has 0 saturated carbocycles. The highest BCUT2D eigenvalue weighted by Gasteiger charge is 2.26. The number of hydrogen-bond donors (Lipinski definition) is 2. The molecule has 0 aliphatic carbocycles. The number of carbonyl (C=O) groups is 1. The van der Waals surface area contributed by atoms with Gasteiger partial charge in [-0.1, -0.05) is 23.8 Å². The van der Waals surface area contributed by atoms with Gasteiger partial charge in [-0.25, -0.2) is 0 Å².